The van der Waals surface area contributed by atoms with Crippen molar-refractivity contribution < 1.29 is 9.53 Å². The molecule has 1 heterocycles. The molecule has 0 radical (unpaired) electrons. The van der Waals surface area contributed by atoms with E-state index in [1.807, 2.05) is 38.1 Å². The van der Waals surface area contributed by atoms with E-state index < -0.39 is 0 Å². The summed E-state index contributed by atoms with van der Waals surface area (Å²) in [6.07, 6.45) is -0.0351. The van der Waals surface area contributed by atoms with E-state index in [2.05, 4.69) is 16.3 Å². The number of nitrogens with zero attached hydrogens (tertiary/aromatic N) is 2. The first-order valence-corrected chi connectivity index (χ1v) is 6.85. The van der Waals surface area contributed by atoms with Crippen molar-refractivity contribution in [2.24, 2.45) is 0 Å². The quantitative estimate of drug-likeness (QED) is 0.872. The number of rotatable bonds is 5. The second-order valence-corrected chi connectivity index (χ2v) is 5.40. The maximum atomic E-state index is 12.0. The number of amides is 1. The van der Waals surface area contributed by atoms with Crippen LogP contribution in [0.3, 0.4) is 0 Å². The van der Waals surface area contributed by atoms with Gasteiger partial charge in [-0.2, -0.15) is 0 Å². The molecule has 1 aliphatic rings. The normalized spacial score (nSPS) is 18.9. The summed E-state index contributed by atoms with van der Waals surface area (Å²) in [6.45, 7) is 4.01. The minimum atomic E-state index is -0.0351. The lowest BCUT2D eigenvalue weighted by Crippen LogP contribution is -2.36. The maximum absolute atomic E-state index is 12.0. The van der Waals surface area contributed by atoms with Crippen LogP contribution >= 0.6 is 0 Å². The van der Waals surface area contributed by atoms with Crippen molar-refractivity contribution in [1.29, 1.82) is 0 Å². The van der Waals surface area contributed by atoms with E-state index in [1.54, 1.807) is 7.11 Å². The molecule has 1 fully saturated rings. The Hall–Kier alpha value is -1.59. The van der Waals surface area contributed by atoms with E-state index in [4.69, 9.17) is 4.74 Å². The number of ether oxygens (including phenoxy) is 1. The summed E-state index contributed by atoms with van der Waals surface area (Å²) in [5, 5.41) is 3.28. The molecule has 5 heteroatoms. The number of nitrogens with one attached hydrogen (secondary N) is 1. The fourth-order valence-corrected chi connectivity index (χ4v) is 2.47. The molecular weight excluding hydrogens is 254 g/mol. The van der Waals surface area contributed by atoms with E-state index in [-0.39, 0.29) is 12.1 Å². The number of aryl methyl sites for hydroxylation is 1. The van der Waals surface area contributed by atoms with Gasteiger partial charge in [-0.25, -0.2) is 0 Å². The third-order valence-electron chi connectivity index (χ3n) is 3.60. The largest absolute Gasteiger partial charge is 0.496 e. The third-order valence-corrected chi connectivity index (χ3v) is 3.60. The lowest BCUT2D eigenvalue weighted by atomic mass is 10.1. The highest BCUT2D eigenvalue weighted by atomic mass is 16.5. The molecule has 1 aliphatic heterocycles. The molecule has 1 N–H and O–H groups in total. The molecule has 1 amide bonds. The summed E-state index contributed by atoms with van der Waals surface area (Å²) in [6, 6.07) is 6.06. The Morgan fingerprint density at radius 3 is 2.80 bits per heavy atom. The number of methoxy groups -OCH3 is 1. The minimum Gasteiger partial charge on any atom is -0.496 e. The van der Waals surface area contributed by atoms with Gasteiger partial charge < -0.3 is 14.5 Å². The van der Waals surface area contributed by atoms with Crippen LogP contribution in [0.1, 0.15) is 17.3 Å². The van der Waals surface area contributed by atoms with Gasteiger partial charge in [-0.15, -0.1) is 0 Å². The summed E-state index contributed by atoms with van der Waals surface area (Å²) in [7, 11) is 5.70. The molecule has 1 saturated heterocycles. The van der Waals surface area contributed by atoms with Gasteiger partial charge in [0.2, 0.25) is 5.91 Å². The molecular formula is C15H23N3O2. The van der Waals surface area contributed by atoms with Crippen molar-refractivity contribution in [3.05, 3.63) is 29.3 Å². The maximum Gasteiger partial charge on any atom is 0.238 e. The number of hydrogen-bond acceptors (Lipinski definition) is 4. The van der Waals surface area contributed by atoms with Crippen LogP contribution in [0.5, 0.6) is 5.75 Å². The number of carbonyl (C=O) groups is 1. The van der Waals surface area contributed by atoms with Crippen molar-refractivity contribution >= 4 is 5.91 Å². The second-order valence-electron chi connectivity index (χ2n) is 5.40. The molecule has 2 rings (SSSR count). The summed E-state index contributed by atoms with van der Waals surface area (Å²) >= 11 is 0. The van der Waals surface area contributed by atoms with Crippen molar-refractivity contribution in [2.75, 3.05) is 40.8 Å². The molecule has 1 atom stereocenters. The first-order chi connectivity index (χ1) is 9.52. The summed E-state index contributed by atoms with van der Waals surface area (Å²) < 4.78 is 5.28. The first-order valence-electron chi connectivity index (χ1n) is 6.85. The van der Waals surface area contributed by atoms with E-state index in [9.17, 15) is 4.79 Å². The van der Waals surface area contributed by atoms with Crippen molar-refractivity contribution in [3.63, 3.8) is 0 Å². The predicted octanol–water partition coefficient (Wildman–Crippen LogP) is 0.996. The van der Waals surface area contributed by atoms with Crippen LogP contribution in [0.25, 0.3) is 0 Å². The Morgan fingerprint density at radius 2 is 2.20 bits per heavy atom. The summed E-state index contributed by atoms with van der Waals surface area (Å²) in [5.74, 6) is 1.03. The van der Waals surface area contributed by atoms with Gasteiger partial charge in [0.15, 0.2) is 0 Å². The zero-order chi connectivity index (χ0) is 14.7. The number of hydrogen-bond donors (Lipinski definition) is 1. The van der Waals surface area contributed by atoms with Gasteiger partial charge in [-0.1, -0.05) is 6.07 Å². The van der Waals surface area contributed by atoms with E-state index >= 15 is 0 Å². The van der Waals surface area contributed by atoms with E-state index in [0.717, 1.165) is 30.0 Å². The van der Waals surface area contributed by atoms with Gasteiger partial charge >= 0.3 is 0 Å². The van der Waals surface area contributed by atoms with E-state index in [1.165, 1.54) is 0 Å². The Morgan fingerprint density at radius 1 is 1.45 bits per heavy atom. The Kier molecular flexibility index (Phi) is 4.62. The average Bonchev–Trinajstić information content (AvgIpc) is 2.77. The van der Waals surface area contributed by atoms with Gasteiger partial charge in [0.05, 0.1) is 13.7 Å². The second kappa shape index (κ2) is 6.24. The topological polar surface area (TPSA) is 44.8 Å². The first kappa shape index (κ1) is 14.8. The van der Waals surface area contributed by atoms with Crippen LogP contribution in [0.15, 0.2) is 18.2 Å². The van der Waals surface area contributed by atoms with E-state index in [0.29, 0.717) is 6.54 Å². The molecule has 1 unspecified atom stereocenters. The van der Waals surface area contributed by atoms with Crippen molar-refractivity contribution in [2.45, 2.75) is 13.1 Å². The molecule has 5 nitrogen and oxygen atoms in total. The molecule has 0 aliphatic carbocycles. The van der Waals surface area contributed by atoms with Crippen LogP contribution in [-0.2, 0) is 4.79 Å². The highest BCUT2D eigenvalue weighted by molar-refractivity contribution is 5.81. The zero-order valence-electron chi connectivity index (χ0n) is 12.6. The lowest BCUT2D eigenvalue weighted by Gasteiger charge is -2.26. The van der Waals surface area contributed by atoms with Gasteiger partial charge in [-0.3, -0.25) is 10.1 Å². The number of benzene rings is 1. The van der Waals surface area contributed by atoms with Crippen LogP contribution in [0.2, 0.25) is 0 Å². The molecule has 0 bridgehead atoms. The Bertz CT molecular complexity index is 488. The monoisotopic (exact) mass is 277 g/mol. The average molecular weight is 277 g/mol. The molecule has 0 aromatic heterocycles. The SMILES string of the molecule is COc1ccc(C2NCC(=O)N2CCN(C)C)cc1C. The fraction of sp³-hybridized carbons (Fsp3) is 0.533. The highest BCUT2D eigenvalue weighted by Gasteiger charge is 2.31. The lowest BCUT2D eigenvalue weighted by molar-refractivity contribution is -0.128. The van der Waals surface area contributed by atoms with Gasteiger partial charge in [0, 0.05) is 13.1 Å². The number of carbonyl (C=O) groups excluding carboxylic acids is 1. The standard InChI is InChI=1S/C15H23N3O2/c1-11-9-12(5-6-13(11)20-4)15-16-10-14(19)18(15)8-7-17(2)3/h5-6,9,15-16H,7-8,10H2,1-4H3. The summed E-state index contributed by atoms with van der Waals surface area (Å²) in [4.78, 5) is 16.0. The van der Waals surface area contributed by atoms with Gasteiger partial charge in [0.1, 0.15) is 11.9 Å². The third kappa shape index (κ3) is 3.11. The molecule has 1 aromatic rings. The zero-order valence-corrected chi connectivity index (χ0v) is 12.6. The fourth-order valence-electron chi connectivity index (χ4n) is 2.47. The van der Waals surface area contributed by atoms with Crippen LogP contribution in [0, 0.1) is 6.92 Å². The van der Waals surface area contributed by atoms with Crippen molar-refractivity contribution in [1.82, 2.24) is 15.1 Å². The van der Waals surface area contributed by atoms with Gasteiger partial charge in [-0.05, 0) is 44.3 Å². The predicted molar refractivity (Wildman–Crippen MR) is 78.7 cm³/mol. The minimum absolute atomic E-state index is 0.0351. The Labute approximate surface area is 120 Å². The van der Waals surface area contributed by atoms with Crippen LogP contribution in [0.4, 0.5) is 0 Å². The van der Waals surface area contributed by atoms with Crippen molar-refractivity contribution in [3.8, 4) is 5.75 Å². The molecule has 1 aromatic carbocycles. The van der Waals surface area contributed by atoms with Crippen LogP contribution in [-0.4, -0.2) is 56.5 Å². The smallest absolute Gasteiger partial charge is 0.238 e. The number of likely N-dealkylation sites (N-methyl/N-ethyl adjacent to an activating group) is 1. The molecule has 20 heavy (non-hydrogen) atoms. The Balaban J connectivity index is 2.17. The van der Waals surface area contributed by atoms with Gasteiger partial charge in [0.25, 0.3) is 0 Å². The summed E-state index contributed by atoms with van der Waals surface area (Å²) in [5.41, 5.74) is 2.19. The molecule has 110 valence electrons. The van der Waals surface area contributed by atoms with Crippen LogP contribution < -0.4 is 10.1 Å². The molecule has 0 saturated carbocycles. The highest BCUT2D eigenvalue weighted by Crippen LogP contribution is 2.26. The molecule has 0 spiro atoms.